The standard InChI is InChI=1S/C33H26BrClN2O6S/c1-42-33(39)21-6-2-4-8-26(21)43-32(38)19-12-15-24-22(16-19)29-23(31(36-24)18-10-13-20(34)14-11-18)17-28(30(29)35)44-27-9-5-3-7-25(27)37(40)41/h2-16,23,28-31,36H,17H2,1H3/t23-,28-,29+,30-,31-/m1/s1. The number of nitrogens with one attached hydrogen (secondary N) is 1. The summed E-state index contributed by atoms with van der Waals surface area (Å²) in [5.41, 5.74) is 3.34. The summed E-state index contributed by atoms with van der Waals surface area (Å²) in [6, 6.07) is 26.5. The van der Waals surface area contributed by atoms with E-state index < -0.39 is 11.9 Å². The minimum absolute atomic E-state index is 0.0396. The van der Waals surface area contributed by atoms with Crippen LogP contribution in [0.25, 0.3) is 0 Å². The quantitative estimate of drug-likeness (QED) is 0.0676. The van der Waals surface area contributed by atoms with E-state index in [9.17, 15) is 19.7 Å². The molecule has 0 radical (unpaired) electrons. The summed E-state index contributed by atoms with van der Waals surface area (Å²) in [6.07, 6.45) is 0.698. The Morgan fingerprint density at radius 2 is 1.73 bits per heavy atom. The third-order valence-corrected chi connectivity index (χ3v) is 10.8. The van der Waals surface area contributed by atoms with Crippen molar-refractivity contribution in [3.05, 3.63) is 128 Å². The first-order valence-electron chi connectivity index (χ1n) is 13.8. The Morgan fingerprint density at radius 3 is 2.48 bits per heavy atom. The fraction of sp³-hybridized carbons (Fsp3) is 0.212. The number of hydrogen-bond acceptors (Lipinski definition) is 8. The van der Waals surface area contributed by atoms with Gasteiger partial charge in [-0.3, -0.25) is 10.1 Å². The number of para-hydroxylation sites is 2. The van der Waals surface area contributed by atoms with Gasteiger partial charge in [0.05, 0.1) is 33.9 Å². The third kappa shape index (κ3) is 5.81. The number of rotatable bonds is 7. The van der Waals surface area contributed by atoms with Gasteiger partial charge in [0, 0.05) is 27.4 Å². The van der Waals surface area contributed by atoms with Crippen LogP contribution < -0.4 is 10.1 Å². The van der Waals surface area contributed by atoms with Crippen molar-refractivity contribution in [3.63, 3.8) is 0 Å². The molecule has 0 spiro atoms. The van der Waals surface area contributed by atoms with E-state index in [4.69, 9.17) is 21.1 Å². The number of esters is 2. The zero-order valence-electron chi connectivity index (χ0n) is 23.3. The lowest BCUT2D eigenvalue weighted by Crippen LogP contribution is -2.31. The van der Waals surface area contributed by atoms with Gasteiger partial charge in [0.25, 0.3) is 5.69 Å². The molecule has 1 saturated carbocycles. The number of benzene rings is 4. The van der Waals surface area contributed by atoms with Crippen LogP contribution in [0.5, 0.6) is 5.75 Å². The molecule has 224 valence electrons. The van der Waals surface area contributed by atoms with Crippen molar-refractivity contribution >= 4 is 62.6 Å². The van der Waals surface area contributed by atoms with Crippen LogP contribution in [0.2, 0.25) is 0 Å². The number of ether oxygens (including phenoxy) is 2. The Hall–Kier alpha value is -3.86. The van der Waals surface area contributed by atoms with Crippen LogP contribution in [0.15, 0.2) is 100 Å². The molecule has 1 heterocycles. The lowest BCUT2D eigenvalue weighted by Gasteiger charge is -2.38. The number of alkyl halides is 1. The Labute approximate surface area is 271 Å². The molecular weight excluding hydrogens is 668 g/mol. The van der Waals surface area contributed by atoms with Gasteiger partial charge in [0.1, 0.15) is 11.3 Å². The molecule has 0 aromatic heterocycles. The molecule has 0 amide bonds. The summed E-state index contributed by atoms with van der Waals surface area (Å²) in [5, 5.41) is 14.9. The van der Waals surface area contributed by atoms with Gasteiger partial charge in [-0.15, -0.1) is 23.4 Å². The summed E-state index contributed by atoms with van der Waals surface area (Å²) in [6.45, 7) is 0. The van der Waals surface area contributed by atoms with E-state index in [2.05, 4.69) is 33.4 Å². The van der Waals surface area contributed by atoms with E-state index in [0.29, 0.717) is 16.9 Å². The molecule has 1 aliphatic heterocycles. The number of hydrogen-bond donors (Lipinski definition) is 1. The second-order valence-electron chi connectivity index (χ2n) is 10.6. The number of thioether (sulfide) groups is 1. The summed E-state index contributed by atoms with van der Waals surface area (Å²) in [5.74, 6) is -1.24. The summed E-state index contributed by atoms with van der Waals surface area (Å²) in [7, 11) is 1.26. The van der Waals surface area contributed by atoms with Crippen LogP contribution in [0.3, 0.4) is 0 Å². The second kappa shape index (κ2) is 12.6. The number of anilines is 1. The number of nitro benzene ring substituents is 1. The Morgan fingerprint density at radius 1 is 1.00 bits per heavy atom. The average Bonchev–Trinajstić information content (AvgIpc) is 3.36. The van der Waals surface area contributed by atoms with Crippen LogP contribution >= 0.6 is 39.3 Å². The molecule has 44 heavy (non-hydrogen) atoms. The molecule has 0 saturated heterocycles. The lowest BCUT2D eigenvalue weighted by atomic mass is 9.77. The summed E-state index contributed by atoms with van der Waals surface area (Å²) >= 11 is 12.2. The number of carbonyl (C=O) groups excluding carboxylic acids is 2. The largest absolute Gasteiger partial charge is 0.465 e. The molecule has 4 aromatic carbocycles. The Kier molecular flexibility index (Phi) is 8.66. The molecule has 5 atom stereocenters. The number of methoxy groups -OCH3 is 1. The predicted octanol–water partition coefficient (Wildman–Crippen LogP) is 8.40. The minimum Gasteiger partial charge on any atom is -0.465 e. The monoisotopic (exact) mass is 692 g/mol. The first kappa shape index (κ1) is 30.2. The summed E-state index contributed by atoms with van der Waals surface area (Å²) < 4.78 is 11.5. The van der Waals surface area contributed by atoms with E-state index in [0.717, 1.165) is 21.3 Å². The molecular formula is C33H26BrClN2O6S. The SMILES string of the molecule is COC(=O)c1ccccc1OC(=O)c1ccc2c(c1)[C@@H]1[C@H](Cl)[C@H](Sc3ccccc3[N+](=O)[O-])C[C@H]1[C@@H](c1ccc(Br)cc1)N2. The molecule has 0 unspecified atom stereocenters. The van der Waals surface area contributed by atoms with E-state index in [1.165, 1.54) is 31.0 Å². The molecule has 0 bridgehead atoms. The molecule has 1 N–H and O–H groups in total. The normalized spacial score (nSPS) is 21.8. The number of nitro groups is 1. The first-order chi connectivity index (χ1) is 21.2. The maximum Gasteiger partial charge on any atom is 0.343 e. The summed E-state index contributed by atoms with van der Waals surface area (Å²) in [4.78, 5) is 37.5. The van der Waals surface area contributed by atoms with Gasteiger partial charge in [-0.25, -0.2) is 9.59 Å². The van der Waals surface area contributed by atoms with E-state index in [-0.39, 0.29) is 50.4 Å². The van der Waals surface area contributed by atoms with Crippen LogP contribution in [0.4, 0.5) is 11.4 Å². The zero-order chi connectivity index (χ0) is 31.0. The Bertz CT molecular complexity index is 1750. The third-order valence-electron chi connectivity index (χ3n) is 8.11. The first-order valence-corrected chi connectivity index (χ1v) is 16.0. The van der Waals surface area contributed by atoms with Gasteiger partial charge in [-0.05, 0) is 72.0 Å². The Balaban J connectivity index is 1.35. The van der Waals surface area contributed by atoms with Crippen molar-refractivity contribution in [2.45, 2.75) is 33.9 Å². The van der Waals surface area contributed by atoms with Gasteiger partial charge in [0.15, 0.2) is 0 Å². The fourth-order valence-corrected chi connectivity index (χ4v) is 8.32. The van der Waals surface area contributed by atoms with E-state index in [1.807, 2.05) is 18.2 Å². The highest BCUT2D eigenvalue weighted by Crippen LogP contribution is 2.58. The predicted molar refractivity (Wildman–Crippen MR) is 173 cm³/mol. The maximum absolute atomic E-state index is 13.4. The minimum atomic E-state index is -0.620. The number of carbonyl (C=O) groups is 2. The van der Waals surface area contributed by atoms with Gasteiger partial charge < -0.3 is 14.8 Å². The van der Waals surface area contributed by atoms with Crippen LogP contribution in [0.1, 0.15) is 50.2 Å². The van der Waals surface area contributed by atoms with Gasteiger partial charge in [-0.1, -0.05) is 52.3 Å². The zero-order valence-corrected chi connectivity index (χ0v) is 26.5. The fourth-order valence-electron chi connectivity index (χ4n) is 6.11. The average molecular weight is 694 g/mol. The van der Waals surface area contributed by atoms with Gasteiger partial charge in [0.2, 0.25) is 0 Å². The van der Waals surface area contributed by atoms with Gasteiger partial charge >= 0.3 is 11.9 Å². The second-order valence-corrected chi connectivity index (χ2v) is 13.3. The van der Waals surface area contributed by atoms with Crippen molar-refractivity contribution in [3.8, 4) is 5.75 Å². The number of halogens is 2. The highest BCUT2D eigenvalue weighted by Gasteiger charge is 2.50. The van der Waals surface area contributed by atoms with Crippen molar-refractivity contribution in [1.82, 2.24) is 0 Å². The van der Waals surface area contributed by atoms with E-state index >= 15 is 0 Å². The van der Waals surface area contributed by atoms with Crippen molar-refractivity contribution in [2.75, 3.05) is 12.4 Å². The molecule has 2 aliphatic rings. The van der Waals surface area contributed by atoms with Crippen molar-refractivity contribution in [2.24, 2.45) is 5.92 Å². The molecule has 1 fully saturated rings. The molecule has 6 rings (SSSR count). The highest BCUT2D eigenvalue weighted by atomic mass is 79.9. The van der Waals surface area contributed by atoms with Gasteiger partial charge in [-0.2, -0.15) is 0 Å². The van der Waals surface area contributed by atoms with Crippen molar-refractivity contribution < 1.29 is 24.0 Å². The number of nitrogens with zero attached hydrogens (tertiary/aromatic N) is 1. The maximum atomic E-state index is 13.4. The smallest absolute Gasteiger partial charge is 0.343 e. The molecule has 1 aliphatic carbocycles. The van der Waals surface area contributed by atoms with Crippen LogP contribution in [-0.4, -0.2) is 34.6 Å². The topological polar surface area (TPSA) is 108 Å². The molecule has 4 aromatic rings. The molecule has 11 heteroatoms. The lowest BCUT2D eigenvalue weighted by molar-refractivity contribution is -0.387. The number of fused-ring (bicyclic) bond motifs is 3. The van der Waals surface area contributed by atoms with Crippen LogP contribution in [0, 0.1) is 16.0 Å². The molecule has 8 nitrogen and oxygen atoms in total. The highest BCUT2D eigenvalue weighted by molar-refractivity contribution is 9.10. The van der Waals surface area contributed by atoms with Crippen LogP contribution in [-0.2, 0) is 4.74 Å². The van der Waals surface area contributed by atoms with Crippen molar-refractivity contribution in [1.29, 1.82) is 0 Å². The van der Waals surface area contributed by atoms with E-state index in [1.54, 1.807) is 48.5 Å².